The zero-order valence-electron chi connectivity index (χ0n) is 20.8. The second kappa shape index (κ2) is 10.7. The Kier molecular flexibility index (Phi) is 8.45. The van der Waals surface area contributed by atoms with Crippen LogP contribution >= 0.6 is 0 Å². The molecule has 0 spiro atoms. The van der Waals surface area contributed by atoms with Gasteiger partial charge in [-0.15, -0.1) is 0 Å². The number of nitrogens with zero attached hydrogens (tertiary/aromatic N) is 1. The van der Waals surface area contributed by atoms with E-state index in [2.05, 4.69) is 4.72 Å². The van der Waals surface area contributed by atoms with Crippen LogP contribution in [0.4, 0.5) is 13.2 Å². The van der Waals surface area contributed by atoms with Crippen molar-refractivity contribution in [1.82, 2.24) is 9.62 Å². The van der Waals surface area contributed by atoms with Crippen molar-refractivity contribution in [3.05, 3.63) is 65.7 Å². The predicted octanol–water partition coefficient (Wildman–Crippen LogP) is 3.66. The van der Waals surface area contributed by atoms with Crippen molar-refractivity contribution in [3.8, 4) is 0 Å². The maximum Gasteiger partial charge on any atom is 0.416 e. The molecule has 0 radical (unpaired) electrons. The van der Waals surface area contributed by atoms with Crippen molar-refractivity contribution in [2.45, 2.75) is 55.0 Å². The van der Waals surface area contributed by atoms with Gasteiger partial charge in [0.25, 0.3) is 0 Å². The minimum atomic E-state index is -4.67. The standard InChI is InChI=1S/C25H31F3N2O5S2/c1-24(2,37(34,35)21-11-7-10-20(17-21)25(26,27)28)19-12-14-30(15-13-19)23(31)22(29-36(3,32)33)16-18-8-5-4-6-9-18/h4-11,17,19,22,29H,12-16H2,1-3H3/t22-/m0/s1. The fraction of sp³-hybridized carbons (Fsp3) is 0.480. The third-order valence-electron chi connectivity index (χ3n) is 6.89. The van der Waals surface area contributed by atoms with Gasteiger partial charge in [-0.1, -0.05) is 36.4 Å². The number of halogens is 3. The predicted molar refractivity (Wildman–Crippen MR) is 134 cm³/mol. The molecule has 0 unspecified atom stereocenters. The Bertz CT molecular complexity index is 1320. The molecule has 0 bridgehead atoms. The van der Waals surface area contributed by atoms with Crippen LogP contribution in [0.3, 0.4) is 0 Å². The fourth-order valence-corrected chi connectivity index (χ4v) is 7.19. The van der Waals surface area contributed by atoms with Gasteiger partial charge in [-0.2, -0.15) is 13.2 Å². The van der Waals surface area contributed by atoms with E-state index in [1.165, 1.54) is 18.7 Å². The minimum absolute atomic E-state index is 0.155. The zero-order chi connectivity index (χ0) is 27.6. The van der Waals surface area contributed by atoms with Gasteiger partial charge in [0.2, 0.25) is 15.9 Å². The van der Waals surface area contributed by atoms with Crippen LogP contribution in [0.25, 0.3) is 0 Å². The largest absolute Gasteiger partial charge is 0.416 e. The Morgan fingerprint density at radius 3 is 2.14 bits per heavy atom. The van der Waals surface area contributed by atoms with E-state index < -0.39 is 59.1 Å². The number of rotatable bonds is 8. The molecular weight excluding hydrogens is 529 g/mol. The lowest BCUT2D eigenvalue weighted by atomic mass is 9.85. The number of sulfone groups is 1. The molecule has 0 saturated carbocycles. The number of nitrogens with one attached hydrogen (secondary N) is 1. The van der Waals surface area contributed by atoms with Crippen LogP contribution in [0, 0.1) is 5.92 Å². The van der Waals surface area contributed by atoms with Gasteiger partial charge in [0.1, 0.15) is 6.04 Å². The number of alkyl halides is 3. The monoisotopic (exact) mass is 560 g/mol. The van der Waals surface area contributed by atoms with Gasteiger partial charge < -0.3 is 4.90 Å². The first-order valence-corrected chi connectivity index (χ1v) is 15.1. The number of hydrogen-bond acceptors (Lipinski definition) is 5. The highest BCUT2D eigenvalue weighted by Crippen LogP contribution is 2.39. The third-order valence-corrected chi connectivity index (χ3v) is 10.2. The van der Waals surface area contributed by atoms with Crippen molar-refractivity contribution in [1.29, 1.82) is 0 Å². The number of piperidine rings is 1. The van der Waals surface area contributed by atoms with Crippen molar-refractivity contribution >= 4 is 25.8 Å². The lowest BCUT2D eigenvalue weighted by molar-refractivity contribution is -0.137. The average Bonchev–Trinajstić information content (AvgIpc) is 2.82. The van der Waals surface area contributed by atoms with E-state index in [1.807, 2.05) is 6.07 Å². The average molecular weight is 561 g/mol. The molecule has 204 valence electrons. The van der Waals surface area contributed by atoms with E-state index >= 15 is 0 Å². The number of sulfonamides is 1. The van der Waals surface area contributed by atoms with Gasteiger partial charge in [-0.3, -0.25) is 4.79 Å². The summed E-state index contributed by atoms with van der Waals surface area (Å²) >= 11 is 0. The summed E-state index contributed by atoms with van der Waals surface area (Å²) in [4.78, 5) is 14.4. The molecular formula is C25H31F3N2O5S2. The molecule has 1 aliphatic heterocycles. The van der Waals surface area contributed by atoms with E-state index in [0.29, 0.717) is 18.9 Å². The summed E-state index contributed by atoms with van der Waals surface area (Å²) in [6.07, 6.45) is -2.94. The van der Waals surface area contributed by atoms with Gasteiger partial charge in [0.05, 0.1) is 21.5 Å². The Hall–Kier alpha value is -2.44. The van der Waals surface area contributed by atoms with Crippen LogP contribution in [0.2, 0.25) is 0 Å². The van der Waals surface area contributed by atoms with Gasteiger partial charge in [0.15, 0.2) is 9.84 Å². The number of hydrogen-bond donors (Lipinski definition) is 1. The van der Waals surface area contributed by atoms with Gasteiger partial charge in [0, 0.05) is 13.1 Å². The highest BCUT2D eigenvalue weighted by Gasteiger charge is 2.45. The van der Waals surface area contributed by atoms with Crippen LogP contribution in [0.15, 0.2) is 59.5 Å². The molecule has 2 aromatic carbocycles. The molecule has 1 fully saturated rings. The smallest absolute Gasteiger partial charge is 0.341 e. The lowest BCUT2D eigenvalue weighted by Gasteiger charge is -2.41. The zero-order valence-corrected chi connectivity index (χ0v) is 22.5. The summed E-state index contributed by atoms with van der Waals surface area (Å²) in [6, 6.07) is 11.7. The molecule has 7 nitrogen and oxygen atoms in total. The molecule has 12 heteroatoms. The summed E-state index contributed by atoms with van der Waals surface area (Å²) in [7, 11) is -7.82. The minimum Gasteiger partial charge on any atom is -0.341 e. The van der Waals surface area contributed by atoms with E-state index in [0.717, 1.165) is 30.0 Å². The van der Waals surface area contributed by atoms with E-state index in [-0.39, 0.29) is 19.5 Å². The van der Waals surface area contributed by atoms with Gasteiger partial charge in [-0.05, 0) is 62.8 Å². The fourth-order valence-electron chi connectivity index (χ4n) is 4.67. The summed E-state index contributed by atoms with van der Waals surface area (Å²) in [6.45, 7) is 3.38. The van der Waals surface area contributed by atoms with Crippen molar-refractivity contribution in [3.63, 3.8) is 0 Å². The first kappa shape index (κ1) is 29.1. The Morgan fingerprint density at radius 2 is 1.59 bits per heavy atom. The van der Waals surface area contributed by atoms with Crippen LogP contribution in [0.5, 0.6) is 0 Å². The third kappa shape index (κ3) is 6.91. The van der Waals surface area contributed by atoms with Crippen LogP contribution in [-0.2, 0) is 37.3 Å². The number of likely N-dealkylation sites (tertiary alicyclic amines) is 1. The van der Waals surface area contributed by atoms with Crippen LogP contribution in [0.1, 0.15) is 37.8 Å². The SMILES string of the molecule is CC(C)(C1CCN(C(=O)[C@H](Cc2ccccc2)NS(C)(=O)=O)CC1)S(=O)(=O)c1cccc(C(F)(F)F)c1. The normalized spacial score (nSPS) is 17.0. The molecule has 1 saturated heterocycles. The molecule has 1 N–H and O–H groups in total. The Balaban J connectivity index is 1.75. The molecule has 0 aliphatic carbocycles. The lowest BCUT2D eigenvalue weighted by Crippen LogP contribution is -2.53. The van der Waals surface area contributed by atoms with Crippen LogP contribution < -0.4 is 4.72 Å². The first-order valence-electron chi connectivity index (χ1n) is 11.7. The summed E-state index contributed by atoms with van der Waals surface area (Å²) in [5, 5.41) is 0. The van der Waals surface area contributed by atoms with Gasteiger partial charge in [-0.25, -0.2) is 21.6 Å². The first-order chi connectivity index (χ1) is 17.0. The second-order valence-electron chi connectivity index (χ2n) is 9.86. The van der Waals surface area contributed by atoms with E-state index in [9.17, 15) is 34.8 Å². The molecule has 2 aromatic rings. The number of carbonyl (C=O) groups is 1. The summed E-state index contributed by atoms with van der Waals surface area (Å²) in [5.74, 6) is -0.835. The number of amides is 1. The van der Waals surface area contributed by atoms with Crippen molar-refractivity contribution in [2.24, 2.45) is 5.92 Å². The maximum atomic E-state index is 13.4. The topological polar surface area (TPSA) is 101 Å². The molecule has 1 amide bonds. The Labute approximate surface area is 216 Å². The van der Waals surface area contributed by atoms with Gasteiger partial charge >= 0.3 is 6.18 Å². The molecule has 1 atom stereocenters. The molecule has 1 aliphatic rings. The summed E-state index contributed by atoms with van der Waals surface area (Å²) in [5.41, 5.74) is -0.257. The van der Waals surface area contributed by atoms with E-state index in [4.69, 9.17) is 0 Å². The highest BCUT2D eigenvalue weighted by atomic mass is 32.2. The number of benzene rings is 2. The molecule has 1 heterocycles. The number of carbonyl (C=O) groups excluding carboxylic acids is 1. The molecule has 3 rings (SSSR count). The Morgan fingerprint density at radius 1 is 1.00 bits per heavy atom. The highest BCUT2D eigenvalue weighted by molar-refractivity contribution is 7.92. The van der Waals surface area contributed by atoms with E-state index in [1.54, 1.807) is 24.3 Å². The van der Waals surface area contributed by atoms with Crippen LogP contribution in [-0.4, -0.2) is 57.8 Å². The molecule has 37 heavy (non-hydrogen) atoms. The summed E-state index contributed by atoms with van der Waals surface area (Å²) < 4.78 is 91.1. The quantitative estimate of drug-likeness (QED) is 0.531. The van der Waals surface area contributed by atoms with Crippen molar-refractivity contribution < 1.29 is 34.8 Å². The maximum absolute atomic E-state index is 13.4. The second-order valence-corrected chi connectivity index (χ2v) is 14.2. The van der Waals surface area contributed by atoms with Crippen molar-refractivity contribution in [2.75, 3.05) is 19.3 Å². The molecule has 0 aromatic heterocycles.